The van der Waals surface area contributed by atoms with E-state index in [1.807, 2.05) is 0 Å². The van der Waals surface area contributed by atoms with Gasteiger partial charge in [0.05, 0.1) is 26.4 Å². The van der Waals surface area contributed by atoms with E-state index < -0.39 is 97.5 Å². The first-order chi connectivity index (χ1) is 40.6. The van der Waals surface area contributed by atoms with E-state index in [2.05, 4.69) is 55.4 Å². The topological polar surface area (TPSA) is 237 Å². The molecule has 19 heteroatoms. The molecule has 0 aromatic rings. The molecule has 0 radical (unpaired) electrons. The number of hydrogen-bond donors (Lipinski definition) is 3. The van der Waals surface area contributed by atoms with E-state index in [1.54, 1.807) is 0 Å². The van der Waals surface area contributed by atoms with Crippen molar-refractivity contribution in [1.29, 1.82) is 0 Å². The van der Waals surface area contributed by atoms with Gasteiger partial charge in [0, 0.05) is 25.7 Å². The van der Waals surface area contributed by atoms with Crippen LogP contribution in [0.25, 0.3) is 0 Å². The average molecular weight is 1260 g/mol. The molecule has 3 unspecified atom stereocenters. The largest absolute Gasteiger partial charge is 0.472 e. The summed E-state index contributed by atoms with van der Waals surface area (Å²) in [6, 6.07) is 0. The summed E-state index contributed by atoms with van der Waals surface area (Å²) in [6.07, 6.45) is 36.5. The van der Waals surface area contributed by atoms with E-state index in [9.17, 15) is 43.2 Å². The van der Waals surface area contributed by atoms with Crippen LogP contribution in [0.1, 0.15) is 319 Å². The molecule has 0 aliphatic heterocycles. The number of carbonyl (C=O) groups excluding carboxylic acids is 4. The highest BCUT2D eigenvalue weighted by molar-refractivity contribution is 7.47. The maximum absolute atomic E-state index is 13.0. The van der Waals surface area contributed by atoms with E-state index in [1.165, 1.54) is 109 Å². The predicted molar refractivity (Wildman–Crippen MR) is 340 cm³/mol. The Morgan fingerprint density at radius 1 is 0.329 bits per heavy atom. The van der Waals surface area contributed by atoms with Gasteiger partial charge in [0.2, 0.25) is 0 Å². The van der Waals surface area contributed by atoms with Crippen molar-refractivity contribution in [2.24, 2.45) is 23.7 Å². The van der Waals surface area contributed by atoms with Crippen LogP contribution in [0.5, 0.6) is 0 Å². The Morgan fingerprint density at radius 2 is 0.565 bits per heavy atom. The van der Waals surface area contributed by atoms with Crippen LogP contribution in [0, 0.1) is 23.7 Å². The van der Waals surface area contributed by atoms with E-state index in [0.717, 1.165) is 115 Å². The second-order valence-corrected chi connectivity index (χ2v) is 28.4. The number of phosphoric acid groups is 2. The Bertz CT molecular complexity index is 1700. The fourth-order valence-electron chi connectivity index (χ4n) is 9.75. The standard InChI is InChI=1S/C66H128O17P2/c1-9-59(8)45-37-29-23-25-33-41-49-66(71)83-62(52-76-63(68)46-38-30-21-17-19-27-35-43-57(4)5)55-81-85(74,75)79-51-60(67)50-78-84(72,73)80-54-61(53-77-64(69)47-39-31-24-22-28-36-44-58(6)7)82-65(70)48-40-32-20-16-14-12-10-11-13-15-18-26-34-42-56(2)3/h56-62,67H,9-55H2,1-8H3,(H,72,73)(H,74,75)/t59?,60-,61+,62+/m0/s1. The summed E-state index contributed by atoms with van der Waals surface area (Å²) in [6.45, 7) is 13.9. The number of carbonyl (C=O) groups is 4. The van der Waals surface area contributed by atoms with Gasteiger partial charge in [0.25, 0.3) is 0 Å². The minimum atomic E-state index is -4.95. The summed E-state index contributed by atoms with van der Waals surface area (Å²) in [4.78, 5) is 72.3. The number of aliphatic hydroxyl groups is 1. The van der Waals surface area contributed by atoms with Crippen molar-refractivity contribution in [3.05, 3.63) is 0 Å². The molecule has 0 aliphatic rings. The Labute approximate surface area is 517 Å². The molecule has 0 saturated heterocycles. The van der Waals surface area contributed by atoms with Gasteiger partial charge in [0.15, 0.2) is 12.2 Å². The van der Waals surface area contributed by atoms with Crippen molar-refractivity contribution in [1.82, 2.24) is 0 Å². The van der Waals surface area contributed by atoms with Crippen LogP contribution in [0.15, 0.2) is 0 Å². The third-order valence-corrected chi connectivity index (χ3v) is 17.3. The van der Waals surface area contributed by atoms with Crippen molar-refractivity contribution in [2.45, 2.75) is 337 Å². The molecule has 0 fully saturated rings. The number of unbranched alkanes of at least 4 members (excludes halogenated alkanes) is 28. The molecular formula is C66H128O17P2. The molecule has 0 saturated carbocycles. The lowest BCUT2D eigenvalue weighted by Crippen LogP contribution is -2.30. The predicted octanol–water partition coefficient (Wildman–Crippen LogP) is 18.1. The molecule has 0 aromatic carbocycles. The Balaban J connectivity index is 5.22. The van der Waals surface area contributed by atoms with Crippen LogP contribution in [0.4, 0.5) is 0 Å². The Morgan fingerprint density at radius 3 is 0.835 bits per heavy atom. The number of rotatable bonds is 63. The van der Waals surface area contributed by atoms with E-state index in [0.29, 0.717) is 37.5 Å². The van der Waals surface area contributed by atoms with Crippen molar-refractivity contribution < 1.29 is 80.2 Å². The molecule has 0 heterocycles. The molecule has 3 N–H and O–H groups in total. The van der Waals surface area contributed by atoms with Crippen molar-refractivity contribution in [3.63, 3.8) is 0 Å². The molecular weight excluding hydrogens is 1130 g/mol. The maximum atomic E-state index is 13.0. The summed E-state index contributed by atoms with van der Waals surface area (Å²) in [7, 11) is -9.89. The lowest BCUT2D eigenvalue weighted by atomic mass is 10.00. The summed E-state index contributed by atoms with van der Waals surface area (Å²) in [5.41, 5.74) is 0. The van der Waals surface area contributed by atoms with Gasteiger partial charge in [-0.05, 0) is 49.4 Å². The number of esters is 4. The van der Waals surface area contributed by atoms with Crippen molar-refractivity contribution >= 4 is 39.5 Å². The van der Waals surface area contributed by atoms with Crippen LogP contribution < -0.4 is 0 Å². The van der Waals surface area contributed by atoms with Crippen molar-refractivity contribution in [3.8, 4) is 0 Å². The van der Waals surface area contributed by atoms with Gasteiger partial charge in [-0.25, -0.2) is 9.13 Å². The monoisotopic (exact) mass is 1250 g/mol. The number of ether oxygens (including phenoxy) is 4. The Hall–Kier alpha value is -1.94. The van der Waals surface area contributed by atoms with Crippen molar-refractivity contribution in [2.75, 3.05) is 39.6 Å². The Kier molecular flexibility index (Phi) is 54.8. The average Bonchev–Trinajstić information content (AvgIpc) is 3.52. The zero-order valence-electron chi connectivity index (χ0n) is 55.2. The van der Waals surface area contributed by atoms with Gasteiger partial charge in [-0.2, -0.15) is 0 Å². The summed E-state index contributed by atoms with van der Waals surface area (Å²) in [5.74, 6) is 0.751. The minimum Gasteiger partial charge on any atom is -0.462 e. The molecule has 0 amide bonds. The second kappa shape index (κ2) is 56.1. The number of hydrogen-bond acceptors (Lipinski definition) is 15. The molecule has 17 nitrogen and oxygen atoms in total. The fraction of sp³-hybridized carbons (Fsp3) is 0.939. The zero-order chi connectivity index (χ0) is 63.2. The highest BCUT2D eigenvalue weighted by atomic mass is 31.2. The molecule has 0 aromatic heterocycles. The van der Waals surface area contributed by atoms with Gasteiger partial charge in [0.1, 0.15) is 19.3 Å². The maximum Gasteiger partial charge on any atom is 0.472 e. The van der Waals surface area contributed by atoms with E-state index in [-0.39, 0.29) is 25.7 Å². The first kappa shape index (κ1) is 83.1. The van der Waals surface area contributed by atoms with Gasteiger partial charge in [-0.15, -0.1) is 0 Å². The normalized spacial score (nSPS) is 14.7. The molecule has 85 heavy (non-hydrogen) atoms. The van der Waals surface area contributed by atoms with Crippen LogP contribution in [0.2, 0.25) is 0 Å². The number of phosphoric ester groups is 2. The fourth-order valence-corrected chi connectivity index (χ4v) is 11.3. The van der Waals surface area contributed by atoms with Gasteiger partial charge < -0.3 is 33.8 Å². The van der Waals surface area contributed by atoms with Gasteiger partial charge in [-0.3, -0.25) is 37.3 Å². The molecule has 6 atom stereocenters. The summed E-state index contributed by atoms with van der Waals surface area (Å²) in [5, 5.41) is 10.5. The van der Waals surface area contributed by atoms with Crippen LogP contribution in [-0.4, -0.2) is 96.7 Å². The van der Waals surface area contributed by atoms with Gasteiger partial charge in [-0.1, -0.05) is 267 Å². The molecule has 0 bridgehead atoms. The van der Waals surface area contributed by atoms with Crippen LogP contribution in [0.3, 0.4) is 0 Å². The second-order valence-electron chi connectivity index (χ2n) is 25.5. The molecule has 0 rings (SSSR count). The molecule has 504 valence electrons. The lowest BCUT2D eigenvalue weighted by molar-refractivity contribution is -0.161. The third kappa shape index (κ3) is 59.5. The number of aliphatic hydroxyl groups excluding tert-OH is 1. The third-order valence-electron chi connectivity index (χ3n) is 15.4. The highest BCUT2D eigenvalue weighted by Gasteiger charge is 2.30. The van der Waals surface area contributed by atoms with E-state index in [4.69, 9.17) is 37.0 Å². The first-order valence-electron chi connectivity index (χ1n) is 34.2. The SMILES string of the molecule is CCC(C)CCCCCCCCC(=O)O[C@H](COC(=O)CCCCCCCCCC(C)C)COP(=O)(O)OC[C@@H](O)COP(=O)(O)OC[C@@H](COC(=O)CCCCCCCCC(C)C)OC(=O)CCCCCCCCCCCCCCCC(C)C. The molecule has 0 spiro atoms. The highest BCUT2D eigenvalue weighted by Crippen LogP contribution is 2.45. The first-order valence-corrected chi connectivity index (χ1v) is 37.2. The lowest BCUT2D eigenvalue weighted by Gasteiger charge is -2.21. The van der Waals surface area contributed by atoms with E-state index >= 15 is 0 Å². The molecule has 0 aliphatic carbocycles. The smallest absolute Gasteiger partial charge is 0.462 e. The minimum absolute atomic E-state index is 0.101. The van der Waals surface area contributed by atoms with Crippen LogP contribution >= 0.6 is 15.6 Å². The summed E-state index contributed by atoms with van der Waals surface area (Å²) < 4.78 is 68.0. The van der Waals surface area contributed by atoms with Gasteiger partial charge >= 0.3 is 39.5 Å². The summed E-state index contributed by atoms with van der Waals surface area (Å²) >= 11 is 0. The van der Waals surface area contributed by atoms with Crippen LogP contribution in [-0.2, 0) is 65.4 Å². The zero-order valence-corrected chi connectivity index (χ0v) is 57.0. The quantitative estimate of drug-likeness (QED) is 0.0222.